The second kappa shape index (κ2) is 12.2. The van der Waals surface area contributed by atoms with E-state index in [-0.39, 0.29) is 48.5 Å². The Kier molecular flexibility index (Phi) is 9.06. The molecule has 0 saturated heterocycles. The van der Waals surface area contributed by atoms with Gasteiger partial charge in [0, 0.05) is 31.1 Å². The lowest BCUT2D eigenvalue weighted by atomic mass is 9.73. The van der Waals surface area contributed by atoms with Crippen LogP contribution in [0.4, 0.5) is 13.2 Å². The fourth-order valence-electron chi connectivity index (χ4n) is 5.39. The van der Waals surface area contributed by atoms with Crippen LogP contribution in [0.5, 0.6) is 0 Å². The normalized spacial score (nSPS) is 21.4. The van der Waals surface area contributed by atoms with E-state index in [0.717, 1.165) is 30.0 Å². The van der Waals surface area contributed by atoms with Crippen LogP contribution in [0.1, 0.15) is 52.9 Å². The van der Waals surface area contributed by atoms with Crippen LogP contribution in [-0.4, -0.2) is 54.9 Å². The molecular weight excluding hydrogens is 543 g/mol. The van der Waals surface area contributed by atoms with Gasteiger partial charge in [0.05, 0.1) is 24.0 Å². The van der Waals surface area contributed by atoms with Crippen molar-refractivity contribution in [3.05, 3.63) is 82.6 Å². The van der Waals surface area contributed by atoms with Crippen molar-refractivity contribution in [3.63, 3.8) is 0 Å². The molecule has 11 heteroatoms. The molecule has 0 amide bonds. The molecule has 0 spiro atoms. The van der Waals surface area contributed by atoms with Gasteiger partial charge in [0.25, 0.3) is 0 Å². The molecule has 4 atom stereocenters. The highest BCUT2D eigenvalue weighted by Crippen LogP contribution is 2.38. The molecule has 2 N–H and O–H groups in total. The molecule has 7 nitrogen and oxygen atoms in total. The Morgan fingerprint density at radius 1 is 1.10 bits per heavy atom. The van der Waals surface area contributed by atoms with Crippen molar-refractivity contribution in [1.82, 2.24) is 9.97 Å². The van der Waals surface area contributed by atoms with Crippen LogP contribution in [0, 0.1) is 30.3 Å². The Hall–Kier alpha value is -3.15. The number of ketones is 1. The molecular formula is C29H32F3N3O4S. The van der Waals surface area contributed by atoms with Gasteiger partial charge in [-0.2, -0.15) is 0 Å². The minimum absolute atomic E-state index is 0.00181. The summed E-state index contributed by atoms with van der Waals surface area (Å²) in [6.45, 7) is 3.58. The maximum Gasteiger partial charge on any atom is 0.185 e. The molecule has 0 bridgehead atoms. The molecule has 2 heterocycles. The standard InChI is InChI=1S/C29H32F3N3O4S/c1-16-10-22(31)27(23(32)11-16)28-21(30)4-5-25(35-28)26(36)14-19-15-34-7-6-20(19)18-12-17(2)29(24(33)13-18)39-8-9-40(3,37)38/h4-7,10-11,15,17-18,24,29H,8-9,12-14,33H2,1-3H3/t17-,18+,24+,29-/m0/s1. The summed E-state index contributed by atoms with van der Waals surface area (Å²) in [5, 5.41) is 0. The van der Waals surface area contributed by atoms with Crippen LogP contribution in [-0.2, 0) is 21.0 Å². The molecule has 40 heavy (non-hydrogen) atoms. The van der Waals surface area contributed by atoms with Crippen LogP contribution < -0.4 is 5.73 Å². The van der Waals surface area contributed by atoms with Gasteiger partial charge in [0.2, 0.25) is 0 Å². The average Bonchev–Trinajstić information content (AvgIpc) is 2.85. The Morgan fingerprint density at radius 3 is 2.45 bits per heavy atom. The van der Waals surface area contributed by atoms with Crippen LogP contribution in [0.15, 0.2) is 42.7 Å². The number of nitrogens with zero attached hydrogens (tertiary/aromatic N) is 2. The van der Waals surface area contributed by atoms with Crippen molar-refractivity contribution in [2.24, 2.45) is 11.7 Å². The lowest BCUT2D eigenvalue weighted by Crippen LogP contribution is -2.47. The van der Waals surface area contributed by atoms with E-state index < -0.39 is 44.3 Å². The monoisotopic (exact) mass is 575 g/mol. The fourth-order valence-corrected chi connectivity index (χ4v) is 5.79. The number of rotatable bonds is 9. The Morgan fingerprint density at radius 2 is 1.80 bits per heavy atom. The molecule has 0 radical (unpaired) electrons. The van der Waals surface area contributed by atoms with Gasteiger partial charge in [-0.15, -0.1) is 0 Å². The molecule has 214 valence electrons. The number of hydrogen-bond donors (Lipinski definition) is 1. The van der Waals surface area contributed by atoms with E-state index in [1.807, 2.05) is 13.0 Å². The van der Waals surface area contributed by atoms with E-state index in [1.165, 1.54) is 13.0 Å². The Balaban J connectivity index is 1.53. The molecule has 4 rings (SSSR count). The largest absolute Gasteiger partial charge is 0.375 e. The van der Waals surface area contributed by atoms with Crippen LogP contribution >= 0.6 is 0 Å². The maximum atomic E-state index is 14.6. The van der Waals surface area contributed by atoms with Crippen molar-refractivity contribution in [2.75, 3.05) is 18.6 Å². The Bertz CT molecular complexity index is 1480. The van der Waals surface area contributed by atoms with E-state index in [4.69, 9.17) is 10.5 Å². The minimum Gasteiger partial charge on any atom is -0.375 e. The first-order valence-corrected chi connectivity index (χ1v) is 15.0. The number of carbonyl (C=O) groups excluding carboxylic acids is 1. The summed E-state index contributed by atoms with van der Waals surface area (Å²) >= 11 is 0. The predicted octanol–water partition coefficient (Wildman–Crippen LogP) is 4.57. The van der Waals surface area contributed by atoms with E-state index in [0.29, 0.717) is 24.0 Å². The van der Waals surface area contributed by atoms with Gasteiger partial charge in [0.15, 0.2) is 5.78 Å². The summed E-state index contributed by atoms with van der Waals surface area (Å²) in [5.41, 5.74) is 6.99. The maximum absolute atomic E-state index is 14.6. The molecule has 1 fully saturated rings. The molecule has 1 aromatic carbocycles. The predicted molar refractivity (Wildman–Crippen MR) is 145 cm³/mol. The number of nitrogens with two attached hydrogens (primary N) is 1. The van der Waals surface area contributed by atoms with E-state index >= 15 is 0 Å². The highest BCUT2D eigenvalue weighted by Gasteiger charge is 2.36. The van der Waals surface area contributed by atoms with Crippen molar-refractivity contribution in [3.8, 4) is 11.3 Å². The second-order valence-electron chi connectivity index (χ2n) is 10.6. The third-order valence-electron chi connectivity index (χ3n) is 7.25. The quantitative estimate of drug-likeness (QED) is 0.372. The van der Waals surface area contributed by atoms with Crippen LogP contribution in [0.2, 0.25) is 0 Å². The van der Waals surface area contributed by atoms with Crippen LogP contribution in [0.3, 0.4) is 0 Å². The molecule has 1 aliphatic carbocycles. The van der Waals surface area contributed by atoms with Crippen LogP contribution in [0.25, 0.3) is 11.3 Å². The van der Waals surface area contributed by atoms with Gasteiger partial charge in [0.1, 0.15) is 38.7 Å². The highest BCUT2D eigenvalue weighted by atomic mass is 32.2. The molecule has 3 aromatic rings. The number of aryl methyl sites for hydroxylation is 1. The van der Waals surface area contributed by atoms with Gasteiger partial charge in [-0.25, -0.2) is 26.6 Å². The number of sulfone groups is 1. The summed E-state index contributed by atoms with van der Waals surface area (Å²) in [4.78, 5) is 21.4. The lowest BCUT2D eigenvalue weighted by molar-refractivity contribution is -0.0154. The van der Waals surface area contributed by atoms with Crippen molar-refractivity contribution < 1.29 is 31.1 Å². The lowest BCUT2D eigenvalue weighted by Gasteiger charge is -2.39. The number of carbonyl (C=O) groups is 1. The summed E-state index contributed by atoms with van der Waals surface area (Å²) in [6, 6.07) is 5.81. The van der Waals surface area contributed by atoms with Crippen molar-refractivity contribution in [1.29, 1.82) is 0 Å². The minimum atomic E-state index is -3.15. The van der Waals surface area contributed by atoms with E-state index in [2.05, 4.69) is 9.97 Å². The first-order chi connectivity index (χ1) is 18.8. The number of halogens is 3. The van der Waals surface area contributed by atoms with Gasteiger partial charge in [-0.05, 0) is 78.6 Å². The molecule has 0 aliphatic heterocycles. The molecule has 0 unspecified atom stereocenters. The van der Waals surface area contributed by atoms with E-state index in [9.17, 15) is 26.4 Å². The zero-order valence-corrected chi connectivity index (χ0v) is 23.3. The fraction of sp³-hybridized carbons (Fsp3) is 0.414. The molecule has 1 aliphatic rings. The average molecular weight is 576 g/mol. The molecule has 2 aromatic heterocycles. The number of pyridine rings is 2. The van der Waals surface area contributed by atoms with Gasteiger partial charge in [-0.3, -0.25) is 9.78 Å². The van der Waals surface area contributed by atoms with Crippen molar-refractivity contribution in [2.45, 2.75) is 51.2 Å². The van der Waals surface area contributed by atoms with E-state index in [1.54, 1.807) is 12.4 Å². The van der Waals surface area contributed by atoms with Gasteiger partial charge in [-0.1, -0.05) is 6.92 Å². The zero-order chi connectivity index (χ0) is 29.2. The number of ether oxygens (including phenoxy) is 1. The smallest absolute Gasteiger partial charge is 0.185 e. The SMILES string of the molecule is Cc1cc(F)c(-c2nc(C(=O)Cc3cnccc3[C@H]3C[C@@H](N)[C@@H](OCCS(C)(=O)=O)[C@@H](C)C3)ccc2F)c(F)c1. The van der Waals surface area contributed by atoms with Gasteiger partial charge >= 0.3 is 0 Å². The number of aromatic nitrogens is 2. The van der Waals surface area contributed by atoms with Gasteiger partial charge < -0.3 is 10.5 Å². The first-order valence-electron chi connectivity index (χ1n) is 13.0. The summed E-state index contributed by atoms with van der Waals surface area (Å²) in [6.07, 6.45) is 5.23. The summed E-state index contributed by atoms with van der Waals surface area (Å²) in [5.74, 6) is -3.39. The molecule has 1 saturated carbocycles. The third kappa shape index (κ3) is 6.94. The highest BCUT2D eigenvalue weighted by molar-refractivity contribution is 7.90. The summed E-state index contributed by atoms with van der Waals surface area (Å²) in [7, 11) is -3.15. The Labute approximate surface area is 231 Å². The zero-order valence-electron chi connectivity index (χ0n) is 22.5. The summed E-state index contributed by atoms with van der Waals surface area (Å²) < 4.78 is 72.4. The first kappa shape index (κ1) is 29.8. The van der Waals surface area contributed by atoms with Crippen molar-refractivity contribution >= 4 is 15.6 Å². The second-order valence-corrected chi connectivity index (χ2v) is 12.8. The third-order valence-corrected chi connectivity index (χ3v) is 8.16. The number of benzene rings is 1. The number of Topliss-reactive ketones (excluding diaryl/α,β-unsaturated/α-hetero) is 1. The topological polar surface area (TPSA) is 112 Å². The number of hydrogen-bond acceptors (Lipinski definition) is 7.